The zero-order valence-electron chi connectivity index (χ0n) is 16.5. The molecule has 5 nitrogen and oxygen atoms in total. The van der Waals surface area contributed by atoms with Crippen LogP contribution in [0.4, 0.5) is 5.95 Å². The molecule has 2 aliphatic rings. The number of fused-ring (bicyclic) bond motifs is 1. The van der Waals surface area contributed by atoms with Crippen LogP contribution in [0.5, 0.6) is 0 Å². The molecule has 0 saturated carbocycles. The number of aromatic nitrogens is 3. The normalized spacial score (nSPS) is 20.6. The number of ketones is 1. The van der Waals surface area contributed by atoms with Gasteiger partial charge in [-0.15, -0.1) is 5.10 Å². The van der Waals surface area contributed by atoms with Crippen LogP contribution in [0, 0.1) is 5.41 Å². The van der Waals surface area contributed by atoms with Crippen LogP contribution in [0.1, 0.15) is 58.1 Å². The first-order chi connectivity index (χ1) is 13.4. The Labute approximate surface area is 178 Å². The summed E-state index contributed by atoms with van der Waals surface area (Å²) in [6, 6.07) is 7.91. The number of allylic oxidation sites excluding steroid dienone is 2. The van der Waals surface area contributed by atoms with Crippen molar-refractivity contribution in [3.63, 3.8) is 0 Å². The molecule has 0 saturated heterocycles. The van der Waals surface area contributed by atoms with Crippen LogP contribution in [-0.2, 0) is 4.79 Å². The third-order valence-electron chi connectivity index (χ3n) is 5.21. The van der Waals surface area contributed by atoms with E-state index in [0.29, 0.717) is 6.42 Å². The maximum atomic E-state index is 13.2. The van der Waals surface area contributed by atoms with Crippen LogP contribution in [0.3, 0.4) is 0 Å². The molecule has 148 valence electrons. The van der Waals surface area contributed by atoms with E-state index in [1.807, 2.05) is 16.8 Å². The molecule has 1 aliphatic carbocycles. The fraction of sp³-hybridized carbons (Fsp3) is 0.476. The Balaban J connectivity index is 1.80. The number of Topliss-reactive ketones (excluding diaryl/α,β-unsaturated/α-hetero) is 1. The minimum Gasteiger partial charge on any atom is -0.328 e. The first-order valence-corrected chi connectivity index (χ1v) is 11.5. The van der Waals surface area contributed by atoms with E-state index in [1.54, 1.807) is 11.8 Å². The lowest BCUT2D eigenvalue weighted by atomic mass is 9.73. The van der Waals surface area contributed by atoms with Crippen LogP contribution in [0.2, 0.25) is 0 Å². The third kappa shape index (κ3) is 3.79. The minimum atomic E-state index is -0.236. The van der Waals surface area contributed by atoms with Gasteiger partial charge in [0.15, 0.2) is 5.78 Å². The lowest BCUT2D eigenvalue weighted by molar-refractivity contribution is -0.118. The van der Waals surface area contributed by atoms with Gasteiger partial charge in [-0.25, -0.2) is 4.68 Å². The molecule has 0 fully saturated rings. The van der Waals surface area contributed by atoms with Gasteiger partial charge in [0.1, 0.15) is 6.04 Å². The van der Waals surface area contributed by atoms with Crippen molar-refractivity contribution in [2.75, 3.05) is 11.1 Å². The molecule has 4 rings (SSSR count). The molecule has 1 aromatic heterocycles. The van der Waals surface area contributed by atoms with E-state index in [4.69, 9.17) is 10.1 Å². The van der Waals surface area contributed by atoms with Gasteiger partial charge < -0.3 is 5.32 Å². The number of thioether (sulfide) groups is 1. The fourth-order valence-corrected chi connectivity index (χ4v) is 5.27. The Morgan fingerprint density at radius 2 is 2.18 bits per heavy atom. The van der Waals surface area contributed by atoms with Gasteiger partial charge in [0.2, 0.25) is 11.1 Å². The first-order valence-electron chi connectivity index (χ1n) is 9.76. The monoisotopic (exact) mass is 460 g/mol. The molecular formula is C21H25BrN4OS. The number of unbranched alkanes of at least 4 members (excludes halogenated alkanes) is 1. The van der Waals surface area contributed by atoms with E-state index in [9.17, 15) is 4.79 Å². The average Bonchev–Trinajstić information content (AvgIpc) is 3.01. The number of nitrogens with one attached hydrogen (secondary N) is 1. The molecule has 0 radical (unpaired) electrons. The van der Waals surface area contributed by atoms with Gasteiger partial charge in [0.25, 0.3) is 0 Å². The highest BCUT2D eigenvalue weighted by Gasteiger charge is 2.41. The van der Waals surface area contributed by atoms with Crippen LogP contribution in [0.15, 0.2) is 45.2 Å². The number of nitrogens with zero attached hydrogens (tertiary/aromatic N) is 3. The van der Waals surface area contributed by atoms with E-state index in [0.717, 1.165) is 57.4 Å². The number of rotatable bonds is 5. The van der Waals surface area contributed by atoms with Crippen molar-refractivity contribution in [2.45, 2.75) is 57.7 Å². The van der Waals surface area contributed by atoms with Gasteiger partial charge in [-0.3, -0.25) is 4.79 Å². The largest absolute Gasteiger partial charge is 0.328 e. The molecule has 7 heteroatoms. The summed E-state index contributed by atoms with van der Waals surface area (Å²) in [7, 11) is 0. The number of anilines is 1. The van der Waals surface area contributed by atoms with Gasteiger partial charge in [0.05, 0.1) is 0 Å². The lowest BCUT2D eigenvalue weighted by Crippen LogP contribution is -2.36. The summed E-state index contributed by atoms with van der Waals surface area (Å²) in [5.41, 5.74) is 2.83. The quantitative estimate of drug-likeness (QED) is 0.465. The zero-order valence-corrected chi connectivity index (χ0v) is 18.9. The number of carbonyl (C=O) groups excluding carboxylic acids is 1. The van der Waals surface area contributed by atoms with E-state index < -0.39 is 0 Å². The Kier molecular flexibility index (Phi) is 5.40. The molecule has 0 amide bonds. The number of benzene rings is 1. The van der Waals surface area contributed by atoms with E-state index in [1.165, 1.54) is 0 Å². The average molecular weight is 461 g/mol. The van der Waals surface area contributed by atoms with Gasteiger partial charge in [-0.05, 0) is 36.0 Å². The Morgan fingerprint density at radius 3 is 2.93 bits per heavy atom. The van der Waals surface area contributed by atoms with Crippen LogP contribution < -0.4 is 5.32 Å². The molecule has 1 aliphatic heterocycles. The summed E-state index contributed by atoms with van der Waals surface area (Å²) >= 11 is 5.25. The summed E-state index contributed by atoms with van der Waals surface area (Å²) in [5, 5.41) is 8.98. The zero-order chi connectivity index (χ0) is 19.9. The number of carbonyl (C=O) groups is 1. The van der Waals surface area contributed by atoms with E-state index in [-0.39, 0.29) is 17.2 Å². The van der Waals surface area contributed by atoms with E-state index >= 15 is 0 Å². The second-order valence-electron chi connectivity index (χ2n) is 8.28. The van der Waals surface area contributed by atoms with Crippen molar-refractivity contribution in [3.05, 3.63) is 45.6 Å². The second kappa shape index (κ2) is 7.67. The van der Waals surface area contributed by atoms with Gasteiger partial charge in [-0.2, -0.15) is 4.98 Å². The van der Waals surface area contributed by atoms with Crippen LogP contribution in [0.25, 0.3) is 0 Å². The third-order valence-corrected chi connectivity index (χ3v) is 6.62. The molecule has 1 atom stereocenters. The summed E-state index contributed by atoms with van der Waals surface area (Å²) in [6.07, 6.45) is 3.68. The standard InChI is InChI=1S/C21H25BrN4OS/c1-4-5-9-28-20-24-19-23-15-11-21(2,3)12-16(27)17(15)18(26(19)25-20)13-7-6-8-14(22)10-13/h6-8,10,18H,4-5,9,11-12H2,1-3H3,(H,23,24,25)/t18-/m1/s1. The highest BCUT2D eigenvalue weighted by Crippen LogP contribution is 2.45. The predicted molar refractivity (Wildman–Crippen MR) is 117 cm³/mol. The Bertz CT molecular complexity index is 950. The molecule has 0 bridgehead atoms. The van der Waals surface area contributed by atoms with Crippen molar-refractivity contribution in [1.82, 2.24) is 14.8 Å². The Hall–Kier alpha value is -1.60. The summed E-state index contributed by atoms with van der Waals surface area (Å²) in [5.74, 6) is 1.93. The molecule has 1 aromatic carbocycles. The smallest absolute Gasteiger partial charge is 0.227 e. The van der Waals surface area contributed by atoms with Crippen LogP contribution in [-0.4, -0.2) is 26.3 Å². The van der Waals surface area contributed by atoms with E-state index in [2.05, 4.69) is 54.2 Å². The van der Waals surface area contributed by atoms with Crippen molar-refractivity contribution in [1.29, 1.82) is 0 Å². The molecule has 2 heterocycles. The van der Waals surface area contributed by atoms with Crippen LogP contribution >= 0.6 is 27.7 Å². The van der Waals surface area contributed by atoms with Crippen molar-refractivity contribution < 1.29 is 4.79 Å². The fourth-order valence-electron chi connectivity index (χ4n) is 3.94. The minimum absolute atomic E-state index is 0.0500. The van der Waals surface area contributed by atoms with Crippen molar-refractivity contribution in [3.8, 4) is 0 Å². The molecule has 2 aromatic rings. The maximum absolute atomic E-state index is 13.2. The predicted octanol–water partition coefficient (Wildman–Crippen LogP) is 5.59. The second-order valence-corrected chi connectivity index (χ2v) is 10.3. The highest BCUT2D eigenvalue weighted by molar-refractivity contribution is 9.10. The van der Waals surface area contributed by atoms with Gasteiger partial charge >= 0.3 is 0 Å². The topological polar surface area (TPSA) is 59.8 Å². The van der Waals surface area contributed by atoms with Gasteiger partial charge in [0, 0.05) is 27.9 Å². The lowest BCUT2D eigenvalue weighted by Gasteiger charge is -2.38. The number of halogens is 1. The molecule has 1 N–H and O–H groups in total. The molecule has 28 heavy (non-hydrogen) atoms. The molecule has 0 unspecified atom stereocenters. The number of hydrogen-bond donors (Lipinski definition) is 1. The SMILES string of the molecule is CCCCSc1nc2n(n1)[C@H](c1cccc(Br)c1)C1=C(CC(C)(C)CC1=O)N2. The summed E-state index contributed by atoms with van der Waals surface area (Å²) < 4.78 is 2.89. The number of hydrogen-bond acceptors (Lipinski definition) is 5. The van der Waals surface area contributed by atoms with Gasteiger partial charge in [-0.1, -0.05) is 67.0 Å². The molecule has 0 spiro atoms. The maximum Gasteiger partial charge on any atom is 0.227 e. The summed E-state index contributed by atoms with van der Waals surface area (Å²) in [6.45, 7) is 6.48. The van der Waals surface area contributed by atoms with Crippen molar-refractivity contribution >= 4 is 39.4 Å². The molecular weight excluding hydrogens is 436 g/mol. The van der Waals surface area contributed by atoms with Crippen molar-refractivity contribution in [2.24, 2.45) is 5.41 Å². The first kappa shape index (κ1) is 19.7. The summed E-state index contributed by atoms with van der Waals surface area (Å²) in [4.78, 5) is 17.9. The highest BCUT2D eigenvalue weighted by atomic mass is 79.9. The Morgan fingerprint density at radius 1 is 1.36 bits per heavy atom.